The zero-order valence-electron chi connectivity index (χ0n) is 10.9. The predicted molar refractivity (Wildman–Crippen MR) is 82.4 cm³/mol. The van der Waals surface area contributed by atoms with E-state index in [0.717, 1.165) is 28.7 Å². The first kappa shape index (κ1) is 13.1. The van der Waals surface area contributed by atoms with Gasteiger partial charge in [-0.2, -0.15) is 5.26 Å². The van der Waals surface area contributed by atoms with E-state index in [0.29, 0.717) is 5.56 Å². The Morgan fingerprint density at radius 3 is 3.05 bits per heavy atom. The number of nitrogens with one attached hydrogen (secondary N) is 1. The van der Waals surface area contributed by atoms with Gasteiger partial charge in [0.1, 0.15) is 0 Å². The van der Waals surface area contributed by atoms with Crippen LogP contribution in [-0.2, 0) is 6.42 Å². The van der Waals surface area contributed by atoms with Crippen LogP contribution >= 0.6 is 15.9 Å². The summed E-state index contributed by atoms with van der Waals surface area (Å²) in [5.41, 5.74) is 4.15. The van der Waals surface area contributed by atoms with Gasteiger partial charge in [0.05, 0.1) is 23.4 Å². The smallest absolute Gasteiger partial charge is 0.0992 e. The summed E-state index contributed by atoms with van der Waals surface area (Å²) < 4.78 is 0.916. The van der Waals surface area contributed by atoms with Gasteiger partial charge in [-0.25, -0.2) is 0 Å². The van der Waals surface area contributed by atoms with Gasteiger partial charge < -0.3 is 5.32 Å². The number of pyridine rings is 1. The van der Waals surface area contributed by atoms with E-state index in [9.17, 15) is 0 Å². The van der Waals surface area contributed by atoms with Crippen molar-refractivity contribution in [2.75, 3.05) is 5.32 Å². The van der Waals surface area contributed by atoms with Crippen molar-refractivity contribution in [3.8, 4) is 6.07 Å². The lowest BCUT2D eigenvalue weighted by Gasteiger charge is -2.26. The second kappa shape index (κ2) is 5.64. The molecule has 3 rings (SSSR count). The normalized spacial score (nSPS) is 17.1. The van der Waals surface area contributed by atoms with Crippen LogP contribution < -0.4 is 5.32 Å². The van der Waals surface area contributed by atoms with E-state index >= 15 is 0 Å². The highest BCUT2D eigenvalue weighted by Gasteiger charge is 2.21. The SMILES string of the molecule is N#Cc1ccc(NC2CCCc3cccnc32)c(Br)c1. The second-order valence-corrected chi connectivity index (χ2v) is 5.80. The molecule has 0 radical (unpaired) electrons. The van der Waals surface area contributed by atoms with E-state index in [1.54, 1.807) is 0 Å². The number of rotatable bonds is 2. The molecule has 100 valence electrons. The molecule has 1 aliphatic rings. The minimum absolute atomic E-state index is 0.240. The molecule has 0 fully saturated rings. The van der Waals surface area contributed by atoms with Crippen LogP contribution in [0.5, 0.6) is 0 Å². The number of nitriles is 1. The Labute approximate surface area is 126 Å². The molecule has 1 aromatic heterocycles. The monoisotopic (exact) mass is 327 g/mol. The first-order valence-corrected chi connectivity index (χ1v) is 7.47. The molecule has 2 aromatic rings. The third kappa shape index (κ3) is 2.54. The van der Waals surface area contributed by atoms with Crippen LogP contribution in [0.3, 0.4) is 0 Å². The van der Waals surface area contributed by atoms with Crippen molar-refractivity contribution in [3.63, 3.8) is 0 Å². The number of fused-ring (bicyclic) bond motifs is 1. The molecule has 0 aliphatic heterocycles. The maximum atomic E-state index is 8.90. The first-order valence-electron chi connectivity index (χ1n) is 6.68. The van der Waals surface area contributed by atoms with Crippen LogP contribution in [-0.4, -0.2) is 4.98 Å². The number of hydrogen-bond donors (Lipinski definition) is 1. The minimum Gasteiger partial charge on any atom is -0.376 e. The average Bonchev–Trinajstić information content (AvgIpc) is 2.49. The molecule has 1 aromatic carbocycles. The maximum Gasteiger partial charge on any atom is 0.0992 e. The van der Waals surface area contributed by atoms with Crippen molar-refractivity contribution in [2.24, 2.45) is 0 Å². The molecule has 20 heavy (non-hydrogen) atoms. The van der Waals surface area contributed by atoms with Gasteiger partial charge in [0.15, 0.2) is 0 Å². The maximum absolute atomic E-state index is 8.90. The summed E-state index contributed by atoms with van der Waals surface area (Å²) in [7, 11) is 0. The number of hydrogen-bond acceptors (Lipinski definition) is 3. The molecule has 0 saturated heterocycles. The van der Waals surface area contributed by atoms with Crippen molar-refractivity contribution in [1.29, 1.82) is 5.26 Å². The fraction of sp³-hybridized carbons (Fsp3) is 0.250. The van der Waals surface area contributed by atoms with Crippen LogP contribution in [0.4, 0.5) is 5.69 Å². The van der Waals surface area contributed by atoms with Crippen molar-refractivity contribution in [2.45, 2.75) is 25.3 Å². The first-order chi connectivity index (χ1) is 9.78. The Balaban J connectivity index is 1.88. The van der Waals surface area contributed by atoms with Gasteiger partial charge in [-0.05, 0) is 65.0 Å². The van der Waals surface area contributed by atoms with Crippen LogP contribution in [0.2, 0.25) is 0 Å². The van der Waals surface area contributed by atoms with Crippen LogP contribution in [0, 0.1) is 11.3 Å². The Morgan fingerprint density at radius 1 is 1.35 bits per heavy atom. The van der Waals surface area contributed by atoms with Gasteiger partial charge in [-0.3, -0.25) is 4.98 Å². The average molecular weight is 328 g/mol. The molecule has 0 bridgehead atoms. The Bertz CT molecular complexity index is 676. The van der Waals surface area contributed by atoms with Gasteiger partial charge >= 0.3 is 0 Å². The molecule has 1 N–H and O–H groups in total. The topological polar surface area (TPSA) is 48.7 Å². The molecule has 1 aliphatic carbocycles. The van der Waals surface area contributed by atoms with E-state index < -0.39 is 0 Å². The second-order valence-electron chi connectivity index (χ2n) is 4.94. The summed E-state index contributed by atoms with van der Waals surface area (Å²) >= 11 is 3.52. The standard InChI is InChI=1S/C16H14BrN3/c17-13-9-11(10-18)6-7-14(13)20-15-5-1-3-12-4-2-8-19-16(12)15/h2,4,6-9,15,20H,1,3,5H2. The zero-order valence-corrected chi connectivity index (χ0v) is 12.5. The molecule has 0 spiro atoms. The van der Waals surface area contributed by atoms with Gasteiger partial charge in [0.25, 0.3) is 0 Å². The molecule has 0 amide bonds. The van der Waals surface area contributed by atoms with E-state index in [1.165, 1.54) is 12.0 Å². The number of aryl methyl sites for hydroxylation is 1. The van der Waals surface area contributed by atoms with Crippen molar-refractivity contribution < 1.29 is 0 Å². The number of benzene rings is 1. The quantitative estimate of drug-likeness (QED) is 0.898. The molecule has 0 saturated carbocycles. The van der Waals surface area contributed by atoms with Crippen LogP contribution in [0.25, 0.3) is 0 Å². The third-order valence-corrected chi connectivity index (χ3v) is 4.28. The van der Waals surface area contributed by atoms with Crippen LogP contribution in [0.15, 0.2) is 41.0 Å². The Morgan fingerprint density at radius 2 is 2.25 bits per heavy atom. The van der Waals surface area contributed by atoms with Gasteiger partial charge in [0.2, 0.25) is 0 Å². The Kier molecular flexibility index (Phi) is 3.70. The summed E-state index contributed by atoms with van der Waals surface area (Å²) in [6.07, 6.45) is 5.21. The summed E-state index contributed by atoms with van der Waals surface area (Å²) in [5, 5.41) is 12.4. The van der Waals surface area contributed by atoms with Crippen molar-refractivity contribution in [1.82, 2.24) is 4.98 Å². The van der Waals surface area contributed by atoms with Gasteiger partial charge in [0, 0.05) is 16.4 Å². The summed E-state index contributed by atoms with van der Waals surface area (Å²) in [6, 6.07) is 12.2. The number of nitrogens with zero attached hydrogens (tertiary/aromatic N) is 2. The van der Waals surface area contributed by atoms with Crippen molar-refractivity contribution >= 4 is 21.6 Å². The molecule has 3 nitrogen and oxygen atoms in total. The summed E-state index contributed by atoms with van der Waals surface area (Å²) in [4.78, 5) is 4.53. The zero-order chi connectivity index (χ0) is 13.9. The fourth-order valence-electron chi connectivity index (χ4n) is 2.64. The van der Waals surface area contributed by atoms with Gasteiger partial charge in [-0.15, -0.1) is 0 Å². The highest BCUT2D eigenvalue weighted by Crippen LogP contribution is 2.33. The van der Waals surface area contributed by atoms with E-state index in [2.05, 4.69) is 38.4 Å². The van der Waals surface area contributed by atoms with E-state index in [-0.39, 0.29) is 6.04 Å². The minimum atomic E-state index is 0.240. The number of anilines is 1. The third-order valence-electron chi connectivity index (χ3n) is 3.62. The predicted octanol–water partition coefficient (Wildman–Crippen LogP) is 4.21. The van der Waals surface area contributed by atoms with E-state index in [1.807, 2.05) is 30.5 Å². The van der Waals surface area contributed by atoms with Crippen molar-refractivity contribution in [3.05, 3.63) is 57.8 Å². The molecule has 1 atom stereocenters. The van der Waals surface area contributed by atoms with Crippen LogP contribution in [0.1, 0.15) is 35.7 Å². The number of aromatic nitrogens is 1. The molecule has 1 heterocycles. The molecule has 4 heteroatoms. The lowest BCUT2D eigenvalue weighted by Crippen LogP contribution is -2.19. The lowest BCUT2D eigenvalue weighted by atomic mass is 9.92. The largest absolute Gasteiger partial charge is 0.376 e. The molecule has 1 unspecified atom stereocenters. The van der Waals surface area contributed by atoms with Gasteiger partial charge in [-0.1, -0.05) is 6.07 Å². The summed E-state index contributed by atoms with van der Waals surface area (Å²) in [6.45, 7) is 0. The Hall–Kier alpha value is -1.86. The number of halogens is 1. The molecular weight excluding hydrogens is 314 g/mol. The summed E-state index contributed by atoms with van der Waals surface area (Å²) in [5.74, 6) is 0. The van der Waals surface area contributed by atoms with E-state index in [4.69, 9.17) is 5.26 Å². The highest BCUT2D eigenvalue weighted by molar-refractivity contribution is 9.10. The molecular formula is C16H14BrN3. The lowest BCUT2D eigenvalue weighted by molar-refractivity contribution is 0.583. The highest BCUT2D eigenvalue weighted by atomic mass is 79.9. The fourth-order valence-corrected chi connectivity index (χ4v) is 3.13.